The van der Waals surface area contributed by atoms with Gasteiger partial charge >= 0.3 is 5.97 Å². The van der Waals surface area contributed by atoms with Crippen LogP contribution < -0.4 is 0 Å². The molecule has 0 spiro atoms. The second kappa shape index (κ2) is 5.74. The van der Waals surface area contributed by atoms with Gasteiger partial charge in [0, 0.05) is 0 Å². The van der Waals surface area contributed by atoms with E-state index in [1.165, 1.54) is 0 Å². The van der Waals surface area contributed by atoms with Crippen molar-refractivity contribution in [1.82, 2.24) is 0 Å². The van der Waals surface area contributed by atoms with Crippen LogP contribution in [0.4, 0.5) is 0 Å². The summed E-state index contributed by atoms with van der Waals surface area (Å²) in [7, 11) is 0. The first kappa shape index (κ1) is 14.3. The van der Waals surface area contributed by atoms with Gasteiger partial charge in [-0.1, -0.05) is 6.92 Å². The summed E-state index contributed by atoms with van der Waals surface area (Å²) in [5.74, 6) is -1.42. The molecule has 0 aromatic heterocycles. The highest BCUT2D eigenvalue weighted by Crippen LogP contribution is 2.23. The zero-order valence-electron chi connectivity index (χ0n) is 9.68. The van der Waals surface area contributed by atoms with Crippen LogP contribution in [0.2, 0.25) is 0 Å². The van der Waals surface area contributed by atoms with Gasteiger partial charge in [-0.3, -0.25) is 0 Å². The van der Waals surface area contributed by atoms with Gasteiger partial charge in [-0.15, -0.1) is 0 Å². The topological polar surface area (TPSA) is 116 Å². The van der Waals surface area contributed by atoms with Crippen molar-refractivity contribution < 1.29 is 34.7 Å². The van der Waals surface area contributed by atoms with E-state index >= 15 is 0 Å². The van der Waals surface area contributed by atoms with Gasteiger partial charge in [0.1, 0.15) is 18.3 Å². The minimum atomic E-state index is -1.68. The van der Waals surface area contributed by atoms with Gasteiger partial charge in [0.2, 0.25) is 0 Å². The maximum Gasteiger partial charge on any atom is 0.335 e. The van der Waals surface area contributed by atoms with Crippen LogP contribution in [0.25, 0.3) is 0 Å². The molecule has 1 aliphatic heterocycles. The normalized spacial score (nSPS) is 39.9. The van der Waals surface area contributed by atoms with E-state index in [0.29, 0.717) is 6.42 Å². The first-order valence-corrected chi connectivity index (χ1v) is 5.46. The molecule has 1 saturated heterocycles. The molecule has 100 valence electrons. The molecule has 1 heterocycles. The fourth-order valence-corrected chi connectivity index (χ4v) is 1.49. The summed E-state index contributed by atoms with van der Waals surface area (Å²) in [5.41, 5.74) is 0. The summed E-state index contributed by atoms with van der Waals surface area (Å²) in [4.78, 5) is 10.8. The molecule has 0 aliphatic carbocycles. The van der Waals surface area contributed by atoms with E-state index in [0.717, 1.165) is 0 Å². The smallest absolute Gasteiger partial charge is 0.335 e. The molecule has 1 fully saturated rings. The zero-order valence-corrected chi connectivity index (χ0v) is 9.68. The highest BCUT2D eigenvalue weighted by atomic mass is 16.7. The minimum Gasteiger partial charge on any atom is -0.479 e. The molecule has 0 bridgehead atoms. The first-order valence-electron chi connectivity index (χ1n) is 5.46. The second-order valence-electron chi connectivity index (χ2n) is 4.09. The van der Waals surface area contributed by atoms with Crippen LogP contribution >= 0.6 is 0 Å². The molecule has 7 heteroatoms. The molecule has 0 radical (unpaired) electrons. The van der Waals surface area contributed by atoms with Crippen LogP contribution in [0, 0.1) is 0 Å². The van der Waals surface area contributed by atoms with E-state index in [1.807, 2.05) is 6.92 Å². The zero-order chi connectivity index (χ0) is 13.2. The molecule has 6 atom stereocenters. The Morgan fingerprint density at radius 2 is 1.88 bits per heavy atom. The number of rotatable bonds is 4. The van der Waals surface area contributed by atoms with Gasteiger partial charge in [0.05, 0.1) is 6.10 Å². The van der Waals surface area contributed by atoms with Gasteiger partial charge < -0.3 is 29.9 Å². The van der Waals surface area contributed by atoms with Crippen LogP contribution in [0.3, 0.4) is 0 Å². The van der Waals surface area contributed by atoms with Crippen molar-refractivity contribution in [3.05, 3.63) is 0 Å². The molecule has 4 N–H and O–H groups in total. The lowest BCUT2D eigenvalue weighted by Gasteiger charge is -2.39. The van der Waals surface area contributed by atoms with Gasteiger partial charge in [0.25, 0.3) is 0 Å². The van der Waals surface area contributed by atoms with E-state index in [9.17, 15) is 20.1 Å². The van der Waals surface area contributed by atoms with Crippen LogP contribution in [-0.4, -0.2) is 63.2 Å². The molecule has 0 amide bonds. The van der Waals surface area contributed by atoms with Crippen molar-refractivity contribution >= 4 is 5.97 Å². The summed E-state index contributed by atoms with van der Waals surface area (Å²) < 4.78 is 10.2. The van der Waals surface area contributed by atoms with Gasteiger partial charge in [0.15, 0.2) is 12.4 Å². The molecule has 7 nitrogen and oxygen atoms in total. The fraction of sp³-hybridized carbons (Fsp3) is 0.900. The molecule has 1 aliphatic rings. The van der Waals surface area contributed by atoms with Gasteiger partial charge in [-0.05, 0) is 13.3 Å². The number of aliphatic hydroxyl groups excluding tert-OH is 3. The summed E-state index contributed by atoms with van der Waals surface area (Å²) in [5, 5.41) is 37.3. The highest BCUT2D eigenvalue weighted by Gasteiger charge is 2.47. The fourth-order valence-electron chi connectivity index (χ4n) is 1.49. The van der Waals surface area contributed by atoms with Crippen molar-refractivity contribution in [3.63, 3.8) is 0 Å². The maximum atomic E-state index is 10.8. The summed E-state index contributed by atoms with van der Waals surface area (Å²) in [6.07, 6.45) is -7.26. The average molecular weight is 250 g/mol. The second-order valence-corrected chi connectivity index (χ2v) is 4.09. The lowest BCUT2D eigenvalue weighted by Crippen LogP contribution is -2.60. The van der Waals surface area contributed by atoms with Crippen LogP contribution in [0.15, 0.2) is 0 Å². The van der Waals surface area contributed by atoms with Crippen molar-refractivity contribution in [2.24, 2.45) is 0 Å². The summed E-state index contributed by atoms with van der Waals surface area (Å²) >= 11 is 0. The number of aliphatic carboxylic acids is 1. The average Bonchev–Trinajstić information content (AvgIpc) is 2.29. The number of carbonyl (C=O) groups is 1. The van der Waals surface area contributed by atoms with Gasteiger partial charge in [-0.25, -0.2) is 4.79 Å². The SMILES string of the molecule is CCC(C)O[C@@H]1O[C@H](C(=O)O)[C@@H](O)[C@H](O)[C@H]1O. The quantitative estimate of drug-likeness (QED) is 0.489. The molecule has 0 aromatic carbocycles. The number of hydrogen-bond acceptors (Lipinski definition) is 6. The maximum absolute atomic E-state index is 10.8. The van der Waals surface area contributed by atoms with Crippen LogP contribution in [-0.2, 0) is 14.3 Å². The van der Waals surface area contributed by atoms with Crippen molar-refractivity contribution in [3.8, 4) is 0 Å². The summed E-state index contributed by atoms with van der Waals surface area (Å²) in [6, 6.07) is 0. The Bertz CT molecular complexity index is 269. The highest BCUT2D eigenvalue weighted by molar-refractivity contribution is 5.73. The van der Waals surface area contributed by atoms with Crippen molar-refractivity contribution in [2.45, 2.75) is 57.1 Å². The van der Waals surface area contributed by atoms with Crippen LogP contribution in [0.1, 0.15) is 20.3 Å². The Hall–Kier alpha value is -0.730. The Kier molecular flexibility index (Phi) is 4.84. The lowest BCUT2D eigenvalue weighted by atomic mass is 9.99. The number of carboxylic acid groups (broad SMARTS) is 1. The van der Waals surface area contributed by atoms with Crippen molar-refractivity contribution in [1.29, 1.82) is 0 Å². The van der Waals surface area contributed by atoms with Gasteiger partial charge in [-0.2, -0.15) is 0 Å². The first-order chi connectivity index (χ1) is 7.88. The number of aliphatic hydroxyl groups is 3. The summed E-state index contributed by atoms with van der Waals surface area (Å²) in [6.45, 7) is 3.57. The Morgan fingerprint density at radius 1 is 1.29 bits per heavy atom. The Labute approximate surface area is 98.6 Å². The minimum absolute atomic E-state index is 0.258. The predicted octanol–water partition coefficient (Wildman–Crippen LogP) is -1.31. The molecular weight excluding hydrogens is 232 g/mol. The Morgan fingerprint density at radius 3 is 2.35 bits per heavy atom. The molecule has 1 unspecified atom stereocenters. The molecule has 0 saturated carbocycles. The number of ether oxygens (including phenoxy) is 2. The third-order valence-corrected chi connectivity index (χ3v) is 2.75. The largest absolute Gasteiger partial charge is 0.479 e. The van der Waals surface area contributed by atoms with Crippen LogP contribution in [0.5, 0.6) is 0 Å². The number of carboxylic acids is 1. The standard InChI is InChI=1S/C10H18O7/c1-3-4(2)16-10-7(13)5(11)6(12)8(17-10)9(14)15/h4-8,10-13H,3H2,1-2H3,(H,14,15)/t4?,5-,6-,7+,8-,10+/m0/s1. The predicted molar refractivity (Wildman–Crippen MR) is 55.2 cm³/mol. The van der Waals surface area contributed by atoms with E-state index in [2.05, 4.69) is 0 Å². The monoisotopic (exact) mass is 250 g/mol. The molecule has 1 rings (SSSR count). The van der Waals surface area contributed by atoms with E-state index in [-0.39, 0.29) is 6.10 Å². The van der Waals surface area contributed by atoms with Crippen molar-refractivity contribution in [2.75, 3.05) is 0 Å². The third kappa shape index (κ3) is 3.14. The number of hydrogen-bond donors (Lipinski definition) is 4. The molecule has 17 heavy (non-hydrogen) atoms. The Balaban J connectivity index is 2.74. The van der Waals surface area contributed by atoms with E-state index < -0.39 is 36.7 Å². The van der Waals surface area contributed by atoms with E-state index in [1.54, 1.807) is 6.92 Å². The van der Waals surface area contributed by atoms with E-state index in [4.69, 9.17) is 14.6 Å². The molecular formula is C10H18O7. The third-order valence-electron chi connectivity index (χ3n) is 2.75. The lowest BCUT2D eigenvalue weighted by molar-refractivity contribution is -0.303. The molecule has 0 aromatic rings.